The molecule has 214 valence electrons. The highest BCUT2D eigenvalue weighted by atomic mass is 19.4. The van der Waals surface area contributed by atoms with Crippen molar-refractivity contribution in [3.05, 3.63) is 82.4 Å². The van der Waals surface area contributed by atoms with E-state index in [9.17, 15) is 27.6 Å². The number of esters is 1. The van der Waals surface area contributed by atoms with Crippen LogP contribution < -0.4 is 10.6 Å². The second-order valence-corrected chi connectivity index (χ2v) is 10.7. The molecule has 41 heavy (non-hydrogen) atoms. The van der Waals surface area contributed by atoms with E-state index >= 15 is 0 Å². The Kier molecular flexibility index (Phi) is 7.50. The number of nitrogens with zero attached hydrogens (tertiary/aromatic N) is 1. The van der Waals surface area contributed by atoms with Gasteiger partial charge >= 0.3 is 18.2 Å². The lowest BCUT2D eigenvalue weighted by Crippen LogP contribution is -2.45. The summed E-state index contributed by atoms with van der Waals surface area (Å²) >= 11 is 0. The fourth-order valence-corrected chi connectivity index (χ4v) is 5.65. The van der Waals surface area contributed by atoms with Gasteiger partial charge in [-0.15, -0.1) is 0 Å². The Labute approximate surface area is 235 Å². The molecule has 1 aliphatic carbocycles. The summed E-state index contributed by atoms with van der Waals surface area (Å²) in [4.78, 5) is 39.6. The fraction of sp³-hybridized carbons (Fsp3) is 0.323. The van der Waals surface area contributed by atoms with Crippen LogP contribution in [0.2, 0.25) is 0 Å². The Balaban J connectivity index is 1.39. The number of carbonyl (C=O) groups excluding carboxylic acids is 3. The van der Waals surface area contributed by atoms with Gasteiger partial charge in [0.05, 0.1) is 12.7 Å². The molecule has 3 aromatic carbocycles. The number of fused-ring (bicyclic) bond motifs is 2. The van der Waals surface area contributed by atoms with E-state index < -0.39 is 35.7 Å². The molecule has 10 heteroatoms. The van der Waals surface area contributed by atoms with Gasteiger partial charge in [-0.25, -0.2) is 9.59 Å². The number of halogens is 3. The van der Waals surface area contributed by atoms with Gasteiger partial charge in [0.2, 0.25) is 0 Å². The summed E-state index contributed by atoms with van der Waals surface area (Å²) < 4.78 is 47.5. The summed E-state index contributed by atoms with van der Waals surface area (Å²) in [5.41, 5.74) is 2.90. The van der Waals surface area contributed by atoms with E-state index in [1.54, 1.807) is 26.0 Å². The number of amides is 3. The lowest BCUT2D eigenvalue weighted by atomic mass is 9.95. The molecule has 0 unspecified atom stereocenters. The molecule has 1 aliphatic heterocycles. The third-order valence-electron chi connectivity index (χ3n) is 7.60. The molecule has 5 rings (SSSR count). The van der Waals surface area contributed by atoms with Crippen molar-refractivity contribution in [2.24, 2.45) is 5.92 Å². The number of nitrogens with one attached hydrogen (secondary N) is 2. The minimum Gasteiger partial charge on any atom is -0.467 e. The number of urea groups is 1. The Morgan fingerprint density at radius 3 is 2.22 bits per heavy atom. The smallest absolute Gasteiger partial charge is 0.417 e. The summed E-state index contributed by atoms with van der Waals surface area (Å²) in [6, 6.07) is 12.2. The van der Waals surface area contributed by atoms with E-state index in [-0.39, 0.29) is 34.8 Å². The number of carbonyl (C=O) groups is 3. The van der Waals surface area contributed by atoms with Gasteiger partial charge in [0.15, 0.2) is 0 Å². The van der Waals surface area contributed by atoms with Crippen LogP contribution in [-0.2, 0) is 35.1 Å². The van der Waals surface area contributed by atoms with Crippen molar-refractivity contribution in [3.63, 3.8) is 0 Å². The number of anilines is 2. The zero-order valence-corrected chi connectivity index (χ0v) is 22.9. The van der Waals surface area contributed by atoms with E-state index in [0.29, 0.717) is 11.3 Å². The number of aryl methyl sites for hydroxylation is 2. The molecule has 0 bridgehead atoms. The van der Waals surface area contributed by atoms with Gasteiger partial charge in [-0.05, 0) is 83.3 Å². The highest BCUT2D eigenvalue weighted by Gasteiger charge is 2.39. The van der Waals surface area contributed by atoms with E-state index in [1.807, 2.05) is 12.1 Å². The molecule has 1 atom stereocenters. The van der Waals surface area contributed by atoms with Gasteiger partial charge in [0, 0.05) is 23.5 Å². The fourth-order valence-electron chi connectivity index (χ4n) is 5.65. The third kappa shape index (κ3) is 5.64. The van der Waals surface area contributed by atoms with Crippen molar-refractivity contribution in [2.45, 2.75) is 51.9 Å². The standard InChI is InChI=1S/C31H30F3N3O4/c1-17(2)27(29(39)41-3)37-16-21-8-7-20(14-25(21)28(37)38)24-12-11-23(15-26(24)31(32,33)34)36-30(40)35-22-10-9-18-5-4-6-19(18)13-22/h7-15,17,27H,4-6,16H2,1-3H3,(H2,35,36,40)/t27-/m0/s1. The third-order valence-corrected chi connectivity index (χ3v) is 7.60. The quantitative estimate of drug-likeness (QED) is 0.327. The first-order valence-electron chi connectivity index (χ1n) is 13.4. The zero-order chi connectivity index (χ0) is 29.5. The second-order valence-electron chi connectivity index (χ2n) is 10.7. The maximum atomic E-state index is 14.2. The lowest BCUT2D eigenvalue weighted by molar-refractivity contribution is -0.147. The first-order valence-corrected chi connectivity index (χ1v) is 13.4. The molecule has 0 saturated heterocycles. The molecule has 2 N–H and O–H groups in total. The number of alkyl halides is 3. The topological polar surface area (TPSA) is 87.7 Å². The van der Waals surface area contributed by atoms with E-state index in [4.69, 9.17) is 4.74 Å². The number of hydrogen-bond acceptors (Lipinski definition) is 4. The minimum atomic E-state index is -4.73. The Hall–Kier alpha value is -4.34. The van der Waals surface area contributed by atoms with Crippen LogP contribution in [-0.4, -0.2) is 36.0 Å². The molecule has 7 nitrogen and oxygen atoms in total. The van der Waals surface area contributed by atoms with E-state index in [0.717, 1.165) is 30.9 Å². The predicted molar refractivity (Wildman–Crippen MR) is 149 cm³/mol. The van der Waals surface area contributed by atoms with Crippen LogP contribution in [0.15, 0.2) is 54.6 Å². The van der Waals surface area contributed by atoms with Crippen molar-refractivity contribution < 1.29 is 32.3 Å². The molecule has 3 aromatic rings. The van der Waals surface area contributed by atoms with Crippen molar-refractivity contribution >= 4 is 29.3 Å². The summed E-state index contributed by atoms with van der Waals surface area (Å²) in [6.07, 6.45) is -1.75. The van der Waals surface area contributed by atoms with Crippen LogP contribution in [0.4, 0.5) is 29.3 Å². The maximum Gasteiger partial charge on any atom is 0.417 e. The molecule has 2 aliphatic rings. The van der Waals surface area contributed by atoms with Crippen molar-refractivity contribution in [1.29, 1.82) is 0 Å². The van der Waals surface area contributed by atoms with Crippen LogP contribution >= 0.6 is 0 Å². The SMILES string of the molecule is COC(=O)[C@H](C(C)C)N1Cc2ccc(-c3ccc(NC(=O)Nc4ccc5c(c4)CCC5)cc3C(F)(F)F)cc2C1=O. The van der Waals surface area contributed by atoms with Crippen LogP contribution in [0.3, 0.4) is 0 Å². The molecular weight excluding hydrogens is 535 g/mol. The van der Waals surface area contributed by atoms with Crippen LogP contribution in [0.5, 0.6) is 0 Å². The van der Waals surface area contributed by atoms with Gasteiger partial charge in [-0.1, -0.05) is 38.1 Å². The van der Waals surface area contributed by atoms with E-state index in [2.05, 4.69) is 10.6 Å². The van der Waals surface area contributed by atoms with Gasteiger partial charge < -0.3 is 20.3 Å². The largest absolute Gasteiger partial charge is 0.467 e. The zero-order valence-electron chi connectivity index (χ0n) is 22.9. The first kappa shape index (κ1) is 28.2. The average molecular weight is 566 g/mol. The summed E-state index contributed by atoms with van der Waals surface area (Å²) in [7, 11) is 1.25. The Morgan fingerprint density at radius 2 is 1.54 bits per heavy atom. The van der Waals surface area contributed by atoms with Crippen molar-refractivity contribution in [1.82, 2.24) is 4.90 Å². The number of ether oxygens (including phenoxy) is 1. The monoisotopic (exact) mass is 565 g/mol. The van der Waals surface area contributed by atoms with Crippen LogP contribution in [0.25, 0.3) is 11.1 Å². The normalized spacial score (nSPS) is 15.0. The van der Waals surface area contributed by atoms with Crippen LogP contribution in [0, 0.1) is 5.92 Å². The molecule has 3 amide bonds. The van der Waals surface area contributed by atoms with Crippen molar-refractivity contribution in [2.75, 3.05) is 17.7 Å². The summed E-state index contributed by atoms with van der Waals surface area (Å²) in [6.45, 7) is 3.74. The lowest BCUT2D eigenvalue weighted by Gasteiger charge is -2.28. The van der Waals surface area contributed by atoms with Crippen LogP contribution in [0.1, 0.15) is 52.9 Å². The maximum absolute atomic E-state index is 14.2. The highest BCUT2D eigenvalue weighted by molar-refractivity contribution is 6.02. The van der Waals surface area contributed by atoms with Gasteiger partial charge in [-0.2, -0.15) is 13.2 Å². The number of benzene rings is 3. The number of hydrogen-bond donors (Lipinski definition) is 2. The molecule has 1 heterocycles. The molecule has 0 aromatic heterocycles. The summed E-state index contributed by atoms with van der Waals surface area (Å²) in [5, 5.41) is 5.17. The first-order chi connectivity index (χ1) is 19.5. The number of methoxy groups -OCH3 is 1. The predicted octanol–water partition coefficient (Wildman–Crippen LogP) is 6.66. The highest BCUT2D eigenvalue weighted by Crippen LogP contribution is 2.40. The molecule has 0 saturated carbocycles. The second kappa shape index (κ2) is 10.9. The van der Waals surface area contributed by atoms with Gasteiger partial charge in [0.25, 0.3) is 5.91 Å². The van der Waals surface area contributed by atoms with Crippen molar-refractivity contribution in [3.8, 4) is 11.1 Å². The molecule has 0 spiro atoms. The van der Waals surface area contributed by atoms with Gasteiger partial charge in [0.1, 0.15) is 6.04 Å². The minimum absolute atomic E-state index is 0.0269. The Morgan fingerprint density at radius 1 is 0.878 bits per heavy atom. The average Bonchev–Trinajstić information content (AvgIpc) is 3.51. The Bertz CT molecular complexity index is 1530. The molecular formula is C31H30F3N3O4. The number of rotatable bonds is 6. The van der Waals surface area contributed by atoms with Gasteiger partial charge in [-0.3, -0.25) is 4.79 Å². The molecule has 0 radical (unpaired) electrons. The molecule has 0 fully saturated rings. The summed E-state index contributed by atoms with van der Waals surface area (Å²) in [5.74, 6) is -1.22. The van der Waals surface area contributed by atoms with E-state index in [1.165, 1.54) is 41.8 Å².